The highest BCUT2D eigenvalue weighted by Crippen LogP contribution is 2.36. The van der Waals surface area contributed by atoms with Gasteiger partial charge in [-0.1, -0.05) is 0 Å². The van der Waals surface area contributed by atoms with Crippen molar-refractivity contribution >= 4 is 57.5 Å². The van der Waals surface area contributed by atoms with Gasteiger partial charge in [0, 0.05) is 13.1 Å². The van der Waals surface area contributed by atoms with E-state index in [0.717, 1.165) is 16.7 Å². The first-order chi connectivity index (χ1) is 12.9. The van der Waals surface area contributed by atoms with Gasteiger partial charge in [-0.15, -0.1) is 0 Å². The number of halogens is 1. The molecule has 2 aliphatic heterocycles. The van der Waals surface area contributed by atoms with Crippen LogP contribution >= 0.6 is 34.4 Å². The fraction of sp³-hybridized carbons (Fsp3) is 0.353. The molecule has 0 unspecified atom stereocenters. The second-order valence-electron chi connectivity index (χ2n) is 5.81. The Hall–Kier alpha value is -1.79. The van der Waals surface area contributed by atoms with Crippen molar-refractivity contribution < 1.29 is 29.0 Å². The molecule has 144 valence electrons. The van der Waals surface area contributed by atoms with Crippen molar-refractivity contribution in [3.8, 4) is 11.5 Å². The van der Waals surface area contributed by atoms with Crippen LogP contribution < -0.4 is 4.74 Å². The summed E-state index contributed by atoms with van der Waals surface area (Å²) in [7, 11) is 1.43. The van der Waals surface area contributed by atoms with E-state index < -0.39 is 11.1 Å². The molecule has 3 rings (SSSR count). The maximum atomic E-state index is 12.6. The summed E-state index contributed by atoms with van der Waals surface area (Å²) >= 11 is 2.74. The first-order valence-corrected chi connectivity index (χ1v) is 9.97. The van der Waals surface area contributed by atoms with E-state index in [2.05, 4.69) is 0 Å². The number of rotatable bonds is 4. The summed E-state index contributed by atoms with van der Waals surface area (Å²) in [4.78, 5) is 39.9. The Morgan fingerprint density at radius 1 is 1.37 bits per heavy atom. The number of ether oxygens (including phenoxy) is 2. The predicted molar refractivity (Wildman–Crippen MR) is 107 cm³/mol. The number of phenols is 1. The van der Waals surface area contributed by atoms with Crippen LogP contribution in [-0.2, 0) is 14.3 Å². The van der Waals surface area contributed by atoms with Crippen molar-refractivity contribution in [1.29, 1.82) is 0 Å². The number of aromatic hydroxyl groups is 1. The molecule has 10 heteroatoms. The maximum Gasteiger partial charge on any atom is 0.294 e. The van der Waals surface area contributed by atoms with Crippen molar-refractivity contribution in [1.82, 2.24) is 9.80 Å². The van der Waals surface area contributed by atoms with E-state index in [9.17, 15) is 19.5 Å². The van der Waals surface area contributed by atoms with Crippen molar-refractivity contribution in [2.24, 2.45) is 0 Å². The quantitative estimate of drug-likeness (QED) is 0.495. The van der Waals surface area contributed by atoms with Gasteiger partial charge < -0.3 is 19.5 Å². The molecule has 0 atom stereocenters. The second kappa shape index (κ2) is 8.48. The number of benzene rings is 1. The largest absolute Gasteiger partial charge is 0.504 e. The molecular formula is C17H17IN2O6S. The van der Waals surface area contributed by atoms with Gasteiger partial charge in [0.05, 0.1) is 28.8 Å². The standard InChI is InChI=1S/C17H17IN2O6S/c1-25-12-7-10(6-11(18)15(12)22)8-13-16(23)20(17(24)27-13)9-14(21)19-2-4-26-5-3-19/h6-8,22H,2-5,9H2,1H3/b13-8-. The highest BCUT2D eigenvalue weighted by Gasteiger charge is 2.37. The fourth-order valence-corrected chi connectivity index (χ4v) is 4.13. The molecule has 2 aliphatic rings. The third-order valence-corrected chi connectivity index (χ3v) is 5.83. The van der Waals surface area contributed by atoms with Crippen LogP contribution in [0.2, 0.25) is 0 Å². The predicted octanol–water partition coefficient (Wildman–Crippen LogP) is 1.90. The zero-order valence-corrected chi connectivity index (χ0v) is 17.4. The number of hydrogen-bond donors (Lipinski definition) is 1. The number of phenolic OH excluding ortho intramolecular Hbond substituents is 1. The lowest BCUT2D eigenvalue weighted by Gasteiger charge is -2.28. The Labute approximate surface area is 173 Å². The molecule has 8 nitrogen and oxygen atoms in total. The lowest BCUT2D eigenvalue weighted by atomic mass is 10.2. The molecule has 2 fully saturated rings. The van der Waals surface area contributed by atoms with E-state index in [1.54, 1.807) is 23.1 Å². The molecule has 0 aliphatic carbocycles. The number of hydrogen-bond acceptors (Lipinski definition) is 7. The van der Waals surface area contributed by atoms with Gasteiger partial charge in [-0.3, -0.25) is 19.3 Å². The normalized spacial score (nSPS) is 19.1. The lowest BCUT2D eigenvalue weighted by molar-refractivity contribution is -0.139. The van der Waals surface area contributed by atoms with Crippen LogP contribution in [0.4, 0.5) is 4.79 Å². The van der Waals surface area contributed by atoms with Gasteiger partial charge in [-0.25, -0.2) is 0 Å². The van der Waals surface area contributed by atoms with E-state index in [1.165, 1.54) is 7.11 Å². The molecule has 1 aromatic rings. The molecular weight excluding hydrogens is 487 g/mol. The SMILES string of the molecule is COc1cc(/C=C2\SC(=O)N(CC(=O)N3CCOCC3)C2=O)cc(I)c1O. The molecule has 0 aromatic heterocycles. The Balaban J connectivity index is 1.76. The molecule has 2 saturated heterocycles. The summed E-state index contributed by atoms with van der Waals surface area (Å²) in [5.74, 6) is -0.495. The number of morpholine rings is 1. The smallest absolute Gasteiger partial charge is 0.294 e. The molecule has 27 heavy (non-hydrogen) atoms. The van der Waals surface area contributed by atoms with Crippen molar-refractivity contribution in [2.45, 2.75) is 0 Å². The third kappa shape index (κ3) is 4.38. The van der Waals surface area contributed by atoms with E-state index >= 15 is 0 Å². The molecule has 0 bridgehead atoms. The summed E-state index contributed by atoms with van der Waals surface area (Å²) in [6.45, 7) is 1.54. The number of imide groups is 1. The molecule has 0 spiro atoms. The molecule has 0 saturated carbocycles. The Morgan fingerprint density at radius 3 is 2.74 bits per heavy atom. The zero-order valence-electron chi connectivity index (χ0n) is 14.4. The number of methoxy groups -OCH3 is 1. The van der Waals surface area contributed by atoms with Crippen LogP contribution in [0.5, 0.6) is 11.5 Å². The van der Waals surface area contributed by atoms with E-state index in [1.807, 2.05) is 22.6 Å². The van der Waals surface area contributed by atoms with E-state index in [0.29, 0.717) is 35.4 Å². The van der Waals surface area contributed by atoms with Crippen LogP contribution in [0.15, 0.2) is 17.0 Å². The first-order valence-electron chi connectivity index (χ1n) is 8.08. The number of carbonyl (C=O) groups excluding carboxylic acids is 3. The van der Waals surface area contributed by atoms with E-state index in [4.69, 9.17) is 9.47 Å². The van der Waals surface area contributed by atoms with Gasteiger partial charge in [-0.05, 0) is 58.1 Å². The maximum absolute atomic E-state index is 12.6. The monoisotopic (exact) mass is 504 g/mol. The molecule has 1 aromatic carbocycles. The molecule has 3 amide bonds. The average Bonchev–Trinajstić information content (AvgIpc) is 2.92. The highest BCUT2D eigenvalue weighted by molar-refractivity contribution is 14.1. The summed E-state index contributed by atoms with van der Waals surface area (Å²) in [6.07, 6.45) is 1.55. The van der Waals surface area contributed by atoms with Crippen LogP contribution in [0.3, 0.4) is 0 Å². The summed E-state index contributed by atoms with van der Waals surface area (Å²) < 4.78 is 10.9. The Bertz CT molecular complexity index is 822. The summed E-state index contributed by atoms with van der Waals surface area (Å²) in [6, 6.07) is 3.25. The number of amides is 3. The van der Waals surface area contributed by atoms with Gasteiger partial charge in [0.25, 0.3) is 11.1 Å². The third-order valence-electron chi connectivity index (χ3n) is 4.10. The average molecular weight is 504 g/mol. The zero-order chi connectivity index (χ0) is 19.6. The highest BCUT2D eigenvalue weighted by atomic mass is 127. The number of carbonyl (C=O) groups is 3. The number of nitrogens with zero attached hydrogens (tertiary/aromatic N) is 2. The van der Waals surface area contributed by atoms with Crippen molar-refractivity contribution in [2.75, 3.05) is 40.0 Å². The molecule has 2 heterocycles. The van der Waals surface area contributed by atoms with Gasteiger partial charge in [-0.2, -0.15) is 0 Å². The van der Waals surface area contributed by atoms with Crippen molar-refractivity contribution in [3.63, 3.8) is 0 Å². The van der Waals surface area contributed by atoms with Crippen LogP contribution in [0, 0.1) is 3.57 Å². The molecule has 0 radical (unpaired) electrons. The van der Waals surface area contributed by atoms with Gasteiger partial charge in [0.1, 0.15) is 6.54 Å². The van der Waals surface area contributed by atoms with Gasteiger partial charge in [0.15, 0.2) is 11.5 Å². The van der Waals surface area contributed by atoms with Crippen LogP contribution in [0.1, 0.15) is 5.56 Å². The van der Waals surface area contributed by atoms with E-state index in [-0.39, 0.29) is 28.9 Å². The fourth-order valence-electron chi connectivity index (χ4n) is 2.67. The molecule has 1 N–H and O–H groups in total. The minimum atomic E-state index is -0.506. The Morgan fingerprint density at radius 2 is 2.07 bits per heavy atom. The second-order valence-corrected chi connectivity index (χ2v) is 7.97. The van der Waals surface area contributed by atoms with Crippen LogP contribution in [-0.4, -0.2) is 71.9 Å². The van der Waals surface area contributed by atoms with Gasteiger partial charge in [0.2, 0.25) is 5.91 Å². The number of thioether (sulfide) groups is 1. The minimum Gasteiger partial charge on any atom is -0.504 e. The van der Waals surface area contributed by atoms with Crippen LogP contribution in [0.25, 0.3) is 6.08 Å². The lowest BCUT2D eigenvalue weighted by Crippen LogP contribution is -2.46. The summed E-state index contributed by atoms with van der Waals surface area (Å²) in [5, 5.41) is 9.42. The summed E-state index contributed by atoms with van der Waals surface area (Å²) in [5.41, 5.74) is 0.610. The Kier molecular flexibility index (Phi) is 6.27. The first kappa shape index (κ1) is 20.0. The van der Waals surface area contributed by atoms with Gasteiger partial charge >= 0.3 is 0 Å². The minimum absolute atomic E-state index is 0.0134. The van der Waals surface area contributed by atoms with Crippen molar-refractivity contribution in [3.05, 3.63) is 26.2 Å². The topological polar surface area (TPSA) is 96.4 Å².